The maximum absolute atomic E-state index is 12.0. The van der Waals surface area contributed by atoms with Gasteiger partial charge in [0.25, 0.3) is 17.5 Å². The Labute approximate surface area is 119 Å². The molecule has 1 aromatic heterocycles. The summed E-state index contributed by atoms with van der Waals surface area (Å²) in [6.07, 6.45) is 1.56. The normalized spacial score (nSPS) is 9.95. The number of carbonyl (C=O) groups excluding carboxylic acids is 2. The second-order valence-electron chi connectivity index (χ2n) is 4.22. The predicted molar refractivity (Wildman–Crippen MR) is 73.6 cm³/mol. The predicted octanol–water partition coefficient (Wildman–Crippen LogP) is 1.31. The monoisotopic (exact) mass is 288 g/mol. The number of nitro groups is 1. The molecule has 0 atom stereocenters. The average molecular weight is 288 g/mol. The van der Waals surface area contributed by atoms with Crippen LogP contribution in [-0.2, 0) is 0 Å². The third kappa shape index (κ3) is 3.06. The highest BCUT2D eigenvalue weighted by atomic mass is 16.6. The first kappa shape index (κ1) is 14.3. The van der Waals surface area contributed by atoms with Crippen LogP contribution in [0.1, 0.15) is 26.4 Å². The van der Waals surface area contributed by atoms with Crippen molar-refractivity contribution in [2.24, 2.45) is 0 Å². The summed E-state index contributed by atoms with van der Waals surface area (Å²) in [6, 6.07) is 7.54. The Morgan fingerprint density at radius 3 is 2.48 bits per heavy atom. The van der Waals surface area contributed by atoms with Crippen LogP contribution in [0.3, 0.4) is 0 Å². The number of hydrogen-bond acceptors (Lipinski definition) is 4. The molecule has 0 fully saturated rings. The largest absolute Gasteiger partial charge is 0.357 e. The number of nitrogens with zero attached hydrogens (tertiary/aromatic N) is 1. The quantitative estimate of drug-likeness (QED) is 0.583. The highest BCUT2D eigenvalue weighted by Gasteiger charge is 2.22. The summed E-state index contributed by atoms with van der Waals surface area (Å²) >= 11 is 0. The van der Waals surface area contributed by atoms with E-state index < -0.39 is 16.7 Å². The SMILES string of the molecule is Cc1cccc(C(=O)NNC(=O)c2ccc[nH]2)c1[N+](=O)[O-]. The number of benzene rings is 1. The number of H-pyrrole nitrogens is 1. The van der Waals surface area contributed by atoms with Gasteiger partial charge in [0.05, 0.1) is 4.92 Å². The Hall–Kier alpha value is -3.16. The van der Waals surface area contributed by atoms with Crippen LogP contribution >= 0.6 is 0 Å². The number of para-hydroxylation sites is 1. The minimum atomic E-state index is -0.759. The fraction of sp³-hybridized carbons (Fsp3) is 0.0769. The summed E-state index contributed by atoms with van der Waals surface area (Å²) < 4.78 is 0. The molecule has 2 amide bonds. The van der Waals surface area contributed by atoms with E-state index in [1.165, 1.54) is 31.2 Å². The fourth-order valence-electron chi connectivity index (χ4n) is 1.80. The number of hydrogen-bond donors (Lipinski definition) is 3. The van der Waals surface area contributed by atoms with Crippen molar-refractivity contribution in [2.75, 3.05) is 0 Å². The lowest BCUT2D eigenvalue weighted by atomic mass is 10.1. The number of aromatic amines is 1. The topological polar surface area (TPSA) is 117 Å². The second kappa shape index (κ2) is 5.87. The van der Waals surface area contributed by atoms with Gasteiger partial charge in [-0.15, -0.1) is 0 Å². The van der Waals surface area contributed by atoms with Crippen LogP contribution in [0.4, 0.5) is 5.69 Å². The first-order chi connectivity index (χ1) is 10.0. The fourth-order valence-corrected chi connectivity index (χ4v) is 1.80. The summed E-state index contributed by atoms with van der Waals surface area (Å²) in [5.41, 5.74) is 4.54. The van der Waals surface area contributed by atoms with E-state index in [0.29, 0.717) is 5.56 Å². The summed E-state index contributed by atoms with van der Waals surface area (Å²) in [6.45, 7) is 1.53. The number of aromatic nitrogens is 1. The third-order valence-corrected chi connectivity index (χ3v) is 2.80. The molecule has 0 bridgehead atoms. The minimum Gasteiger partial charge on any atom is -0.357 e. The van der Waals surface area contributed by atoms with Crippen molar-refractivity contribution in [3.05, 3.63) is 63.5 Å². The lowest BCUT2D eigenvalue weighted by molar-refractivity contribution is -0.385. The van der Waals surface area contributed by atoms with Crippen LogP contribution in [0.2, 0.25) is 0 Å². The van der Waals surface area contributed by atoms with Crippen molar-refractivity contribution in [1.82, 2.24) is 15.8 Å². The van der Waals surface area contributed by atoms with Crippen molar-refractivity contribution >= 4 is 17.5 Å². The van der Waals surface area contributed by atoms with Gasteiger partial charge in [-0.25, -0.2) is 0 Å². The van der Waals surface area contributed by atoms with Gasteiger partial charge in [-0.2, -0.15) is 0 Å². The molecule has 3 N–H and O–H groups in total. The molecular formula is C13H12N4O4. The molecule has 0 unspecified atom stereocenters. The van der Waals surface area contributed by atoms with Crippen LogP contribution in [0.25, 0.3) is 0 Å². The van der Waals surface area contributed by atoms with E-state index in [1.54, 1.807) is 12.3 Å². The van der Waals surface area contributed by atoms with Crippen molar-refractivity contribution in [1.29, 1.82) is 0 Å². The molecule has 0 aliphatic rings. The van der Waals surface area contributed by atoms with E-state index in [0.717, 1.165) is 0 Å². The van der Waals surface area contributed by atoms with Gasteiger partial charge in [-0.05, 0) is 25.1 Å². The number of nitrogens with one attached hydrogen (secondary N) is 3. The van der Waals surface area contributed by atoms with Gasteiger partial charge in [0.1, 0.15) is 11.3 Å². The van der Waals surface area contributed by atoms with E-state index in [4.69, 9.17) is 0 Å². The molecule has 108 valence electrons. The number of amides is 2. The number of nitro benzene ring substituents is 1. The Kier molecular flexibility index (Phi) is 3.98. The molecule has 8 nitrogen and oxygen atoms in total. The van der Waals surface area contributed by atoms with E-state index in [2.05, 4.69) is 15.8 Å². The lowest BCUT2D eigenvalue weighted by Gasteiger charge is -2.07. The van der Waals surface area contributed by atoms with E-state index in [-0.39, 0.29) is 16.9 Å². The molecule has 8 heteroatoms. The van der Waals surface area contributed by atoms with E-state index >= 15 is 0 Å². The number of hydrazine groups is 1. The van der Waals surface area contributed by atoms with Crippen molar-refractivity contribution < 1.29 is 14.5 Å². The zero-order chi connectivity index (χ0) is 15.4. The smallest absolute Gasteiger partial charge is 0.286 e. The molecule has 1 aromatic carbocycles. The molecule has 0 radical (unpaired) electrons. The highest BCUT2D eigenvalue weighted by Crippen LogP contribution is 2.22. The lowest BCUT2D eigenvalue weighted by Crippen LogP contribution is -2.42. The maximum atomic E-state index is 12.0. The summed E-state index contributed by atoms with van der Waals surface area (Å²) in [7, 11) is 0. The Bertz CT molecular complexity index is 694. The third-order valence-electron chi connectivity index (χ3n) is 2.80. The molecular weight excluding hydrogens is 276 g/mol. The van der Waals surface area contributed by atoms with Gasteiger partial charge in [-0.3, -0.25) is 30.6 Å². The van der Waals surface area contributed by atoms with Crippen molar-refractivity contribution in [2.45, 2.75) is 6.92 Å². The van der Waals surface area contributed by atoms with Crippen LogP contribution in [0.15, 0.2) is 36.5 Å². The first-order valence-electron chi connectivity index (χ1n) is 5.99. The minimum absolute atomic E-state index is 0.119. The van der Waals surface area contributed by atoms with Crippen LogP contribution < -0.4 is 10.9 Å². The van der Waals surface area contributed by atoms with Crippen LogP contribution in [0, 0.1) is 17.0 Å². The molecule has 0 aliphatic carbocycles. The van der Waals surface area contributed by atoms with Crippen molar-refractivity contribution in [3.63, 3.8) is 0 Å². The zero-order valence-electron chi connectivity index (χ0n) is 11.0. The van der Waals surface area contributed by atoms with Crippen molar-refractivity contribution in [3.8, 4) is 0 Å². The number of aryl methyl sites for hydroxylation is 1. The molecule has 0 spiro atoms. The standard InChI is InChI=1S/C13H12N4O4/c1-8-4-2-5-9(11(8)17(20)21)12(18)15-16-13(19)10-6-3-7-14-10/h2-7,14H,1H3,(H,15,18)(H,16,19). The Balaban J connectivity index is 2.13. The zero-order valence-corrected chi connectivity index (χ0v) is 11.0. The second-order valence-corrected chi connectivity index (χ2v) is 4.22. The molecule has 2 rings (SSSR count). The van der Waals surface area contributed by atoms with Crippen LogP contribution in [0.5, 0.6) is 0 Å². The van der Waals surface area contributed by atoms with Gasteiger partial charge in [-0.1, -0.05) is 12.1 Å². The molecule has 2 aromatic rings. The van der Waals surface area contributed by atoms with Gasteiger partial charge < -0.3 is 4.98 Å². The first-order valence-corrected chi connectivity index (χ1v) is 5.99. The number of carbonyl (C=O) groups is 2. The Morgan fingerprint density at radius 1 is 1.14 bits per heavy atom. The summed E-state index contributed by atoms with van der Waals surface area (Å²) in [5.74, 6) is -1.31. The molecule has 21 heavy (non-hydrogen) atoms. The molecule has 1 heterocycles. The molecule has 0 saturated carbocycles. The Morgan fingerprint density at radius 2 is 1.86 bits per heavy atom. The van der Waals surface area contributed by atoms with Gasteiger partial charge in [0.2, 0.25) is 0 Å². The number of rotatable bonds is 3. The van der Waals surface area contributed by atoms with Gasteiger partial charge in [0, 0.05) is 11.8 Å². The van der Waals surface area contributed by atoms with Gasteiger partial charge in [0.15, 0.2) is 0 Å². The van der Waals surface area contributed by atoms with Crippen LogP contribution in [-0.4, -0.2) is 21.7 Å². The maximum Gasteiger partial charge on any atom is 0.286 e. The molecule has 0 aliphatic heterocycles. The van der Waals surface area contributed by atoms with E-state index in [1.807, 2.05) is 0 Å². The summed E-state index contributed by atoms with van der Waals surface area (Å²) in [4.78, 5) is 36.6. The summed E-state index contributed by atoms with van der Waals surface area (Å²) in [5, 5.41) is 11.0. The molecule has 0 saturated heterocycles. The average Bonchev–Trinajstić information content (AvgIpc) is 2.97. The van der Waals surface area contributed by atoms with Gasteiger partial charge >= 0.3 is 0 Å². The highest BCUT2D eigenvalue weighted by molar-refractivity contribution is 6.01. The van der Waals surface area contributed by atoms with E-state index in [9.17, 15) is 19.7 Å².